The Bertz CT molecular complexity index is 1220. The normalized spacial score (nSPS) is 17.6. The molecule has 11 heteroatoms. The van der Waals surface area contributed by atoms with E-state index in [1.165, 1.54) is 11.8 Å². The van der Waals surface area contributed by atoms with Crippen molar-refractivity contribution in [2.24, 2.45) is 5.92 Å². The van der Waals surface area contributed by atoms with Crippen LogP contribution in [0.1, 0.15) is 53.4 Å². The third-order valence-corrected chi connectivity index (χ3v) is 7.33. The van der Waals surface area contributed by atoms with Crippen LogP contribution in [0.3, 0.4) is 0 Å². The molecule has 0 radical (unpaired) electrons. The molecule has 2 saturated heterocycles. The van der Waals surface area contributed by atoms with Crippen molar-refractivity contribution >= 4 is 23.4 Å². The van der Waals surface area contributed by atoms with E-state index in [-0.39, 0.29) is 24.2 Å². The minimum atomic E-state index is -4.85. The first-order valence-corrected chi connectivity index (χ1v) is 12.8. The van der Waals surface area contributed by atoms with Gasteiger partial charge in [-0.2, -0.15) is 18.2 Å². The number of benzene rings is 1. The zero-order valence-electron chi connectivity index (χ0n) is 20.8. The highest BCUT2D eigenvalue weighted by Gasteiger charge is 2.42. The van der Waals surface area contributed by atoms with E-state index < -0.39 is 23.5 Å². The first-order chi connectivity index (χ1) is 18.3. The van der Waals surface area contributed by atoms with Crippen molar-refractivity contribution in [3.8, 4) is 0 Å². The Hall–Kier alpha value is -3.60. The number of aromatic nitrogens is 2. The summed E-state index contributed by atoms with van der Waals surface area (Å²) in [6.07, 6.45) is -0.247. The van der Waals surface area contributed by atoms with Crippen LogP contribution in [0.15, 0.2) is 53.1 Å². The molecular formula is C27H30F3N5O3. The van der Waals surface area contributed by atoms with E-state index in [0.717, 1.165) is 38.8 Å². The Balaban J connectivity index is 1.26. The van der Waals surface area contributed by atoms with Crippen molar-refractivity contribution in [3.05, 3.63) is 65.7 Å². The van der Waals surface area contributed by atoms with Crippen molar-refractivity contribution in [3.63, 3.8) is 0 Å². The maximum Gasteiger partial charge on any atom is 0.437 e. The number of alkyl halides is 3. The second-order valence-corrected chi connectivity index (χ2v) is 9.82. The number of oxazole rings is 1. The fraction of sp³-hybridized carbons (Fsp3) is 0.444. The molecule has 1 aromatic carbocycles. The summed E-state index contributed by atoms with van der Waals surface area (Å²) in [6, 6.07) is 13.1. The number of pyridine rings is 1. The predicted octanol–water partition coefficient (Wildman–Crippen LogP) is 4.93. The highest BCUT2D eigenvalue weighted by molar-refractivity contribution is 6.03. The molecule has 3 aromatic rings. The summed E-state index contributed by atoms with van der Waals surface area (Å²) in [5.41, 5.74) is 0.107. The fourth-order valence-electron chi connectivity index (χ4n) is 5.10. The smallest absolute Gasteiger partial charge is 0.417 e. The number of anilines is 3. The molecule has 0 saturated carbocycles. The van der Waals surface area contributed by atoms with E-state index in [1.807, 2.05) is 18.2 Å². The molecule has 2 aliphatic heterocycles. The molecule has 38 heavy (non-hydrogen) atoms. The molecule has 5 rings (SSSR count). The number of aliphatic hydroxyl groups is 1. The predicted molar refractivity (Wildman–Crippen MR) is 136 cm³/mol. The zero-order valence-corrected chi connectivity index (χ0v) is 20.8. The molecule has 4 heterocycles. The van der Waals surface area contributed by atoms with Crippen LogP contribution in [-0.2, 0) is 6.18 Å². The van der Waals surface area contributed by atoms with Gasteiger partial charge < -0.3 is 24.6 Å². The van der Waals surface area contributed by atoms with E-state index in [4.69, 9.17) is 4.42 Å². The molecule has 2 N–H and O–H groups in total. The van der Waals surface area contributed by atoms with Crippen LogP contribution in [0.2, 0.25) is 0 Å². The average molecular weight is 530 g/mol. The lowest BCUT2D eigenvalue weighted by Crippen LogP contribution is -2.35. The van der Waals surface area contributed by atoms with Gasteiger partial charge in [0.05, 0.1) is 11.9 Å². The van der Waals surface area contributed by atoms with E-state index in [0.29, 0.717) is 24.8 Å². The molecule has 0 unspecified atom stereocenters. The number of piperidine rings is 2. The summed E-state index contributed by atoms with van der Waals surface area (Å²) in [6.45, 7) is 2.62. The Morgan fingerprint density at radius 1 is 1.00 bits per heavy atom. The van der Waals surface area contributed by atoms with Gasteiger partial charge in [-0.3, -0.25) is 4.79 Å². The number of aliphatic hydroxyl groups excluding tert-OH is 1. The molecule has 0 atom stereocenters. The number of halogens is 3. The molecule has 8 nitrogen and oxygen atoms in total. The number of carbonyl (C=O) groups is 1. The molecule has 1 amide bonds. The third-order valence-electron chi connectivity index (χ3n) is 7.33. The number of hydrogen-bond acceptors (Lipinski definition) is 7. The van der Waals surface area contributed by atoms with Gasteiger partial charge in [0, 0.05) is 32.8 Å². The van der Waals surface area contributed by atoms with E-state index in [1.54, 1.807) is 17.0 Å². The quantitative estimate of drug-likeness (QED) is 0.468. The van der Waals surface area contributed by atoms with Crippen LogP contribution >= 0.6 is 0 Å². The van der Waals surface area contributed by atoms with Gasteiger partial charge in [-0.15, -0.1) is 0 Å². The van der Waals surface area contributed by atoms with Crippen molar-refractivity contribution in [1.82, 2.24) is 9.97 Å². The number of amides is 1. The Morgan fingerprint density at radius 2 is 1.68 bits per heavy atom. The van der Waals surface area contributed by atoms with Gasteiger partial charge in [-0.25, -0.2) is 4.98 Å². The lowest BCUT2D eigenvalue weighted by molar-refractivity contribution is -0.141. The van der Waals surface area contributed by atoms with E-state index in [2.05, 4.69) is 32.3 Å². The minimum absolute atomic E-state index is 0.168. The Morgan fingerprint density at radius 3 is 2.29 bits per heavy atom. The van der Waals surface area contributed by atoms with E-state index >= 15 is 0 Å². The van der Waals surface area contributed by atoms with Crippen LogP contribution in [0.4, 0.5) is 30.7 Å². The molecule has 202 valence electrons. The summed E-state index contributed by atoms with van der Waals surface area (Å²) in [4.78, 5) is 24.6. The average Bonchev–Trinajstić information content (AvgIpc) is 3.41. The fourth-order valence-corrected chi connectivity index (χ4v) is 5.10. The largest absolute Gasteiger partial charge is 0.437 e. The SMILES string of the molecule is O=C(Nc1ccc(N2CCC(CO)CC2)nc1)c1oc(N2CCC(c3ccccc3)CC2)nc1C(F)(F)F. The number of carbonyl (C=O) groups excluding carboxylic acids is 1. The second-order valence-electron chi connectivity index (χ2n) is 9.82. The third kappa shape index (κ3) is 5.77. The Kier molecular flexibility index (Phi) is 7.55. The van der Waals surface area contributed by atoms with Crippen molar-refractivity contribution in [2.45, 2.75) is 37.8 Å². The zero-order chi connectivity index (χ0) is 26.7. The van der Waals surface area contributed by atoms with Gasteiger partial charge in [0.1, 0.15) is 5.82 Å². The maximum atomic E-state index is 13.8. The van der Waals surface area contributed by atoms with Crippen molar-refractivity contribution in [1.29, 1.82) is 0 Å². The van der Waals surface area contributed by atoms with Gasteiger partial charge >= 0.3 is 6.18 Å². The van der Waals surface area contributed by atoms with Gasteiger partial charge in [-0.1, -0.05) is 30.3 Å². The lowest BCUT2D eigenvalue weighted by atomic mass is 9.90. The van der Waals surface area contributed by atoms with E-state index in [9.17, 15) is 23.1 Å². The Labute approximate surface area is 218 Å². The molecule has 2 fully saturated rings. The first-order valence-electron chi connectivity index (χ1n) is 12.8. The maximum absolute atomic E-state index is 13.8. The number of rotatable bonds is 6. The summed E-state index contributed by atoms with van der Waals surface area (Å²) >= 11 is 0. The standard InChI is InChI=1S/C27H30F3N5O3/c28-27(29,30)24-23(38-26(33-24)35-14-10-20(11-15-35)19-4-2-1-3-5-19)25(37)32-21-6-7-22(31-16-21)34-12-8-18(17-36)9-13-34/h1-7,16,18,20,36H,8-15,17H2,(H,32,37). The first kappa shape index (κ1) is 26.0. The van der Waals surface area contributed by atoms with Crippen LogP contribution in [-0.4, -0.2) is 53.8 Å². The van der Waals surface area contributed by atoms with Crippen molar-refractivity contribution < 1.29 is 27.5 Å². The highest BCUT2D eigenvalue weighted by Crippen LogP contribution is 2.36. The van der Waals surface area contributed by atoms with Gasteiger partial charge in [0.15, 0.2) is 5.69 Å². The summed E-state index contributed by atoms with van der Waals surface area (Å²) in [5.74, 6) is -0.601. The van der Waals surface area contributed by atoms with Crippen LogP contribution < -0.4 is 15.1 Å². The number of hydrogen-bond donors (Lipinski definition) is 2. The number of nitrogens with one attached hydrogen (secondary N) is 1. The summed E-state index contributed by atoms with van der Waals surface area (Å²) in [5, 5.41) is 11.8. The summed E-state index contributed by atoms with van der Waals surface area (Å²) in [7, 11) is 0. The molecule has 2 aliphatic rings. The molecule has 0 bridgehead atoms. The van der Waals surface area contributed by atoms with Crippen LogP contribution in [0, 0.1) is 5.92 Å². The topological polar surface area (TPSA) is 94.7 Å². The minimum Gasteiger partial charge on any atom is -0.417 e. The molecular weight excluding hydrogens is 499 g/mol. The highest BCUT2D eigenvalue weighted by atomic mass is 19.4. The van der Waals surface area contributed by atoms with Gasteiger partial charge in [0.25, 0.3) is 11.9 Å². The summed E-state index contributed by atoms with van der Waals surface area (Å²) < 4.78 is 46.7. The van der Waals surface area contributed by atoms with Crippen molar-refractivity contribution in [2.75, 3.05) is 47.9 Å². The molecule has 2 aromatic heterocycles. The van der Waals surface area contributed by atoms with Crippen LogP contribution in [0.5, 0.6) is 0 Å². The monoisotopic (exact) mass is 529 g/mol. The van der Waals surface area contributed by atoms with Gasteiger partial charge in [-0.05, 0) is 55.2 Å². The van der Waals surface area contributed by atoms with Crippen LogP contribution in [0.25, 0.3) is 0 Å². The van der Waals surface area contributed by atoms with Gasteiger partial charge in [0.2, 0.25) is 5.76 Å². The number of nitrogens with zero attached hydrogens (tertiary/aromatic N) is 4. The molecule has 0 spiro atoms. The second kappa shape index (κ2) is 11.0. The molecule has 0 aliphatic carbocycles. The lowest BCUT2D eigenvalue weighted by Gasteiger charge is -2.32.